The number of hydrogen-bond donors (Lipinski definition) is 1. The summed E-state index contributed by atoms with van der Waals surface area (Å²) in [6.07, 6.45) is 2.90. The zero-order valence-electron chi connectivity index (χ0n) is 15.2. The molecule has 0 spiro atoms. The molecule has 0 unspecified atom stereocenters. The smallest absolute Gasteiger partial charge is 0.125 e. The molecule has 0 aliphatic rings. The number of benzene rings is 1. The van der Waals surface area contributed by atoms with E-state index in [9.17, 15) is 0 Å². The summed E-state index contributed by atoms with van der Waals surface area (Å²) in [6, 6.07) is 13.7. The maximum atomic E-state index is 6.24. The molecule has 3 aromatic heterocycles. The zero-order valence-corrected chi connectivity index (χ0v) is 17.5. The van der Waals surface area contributed by atoms with Gasteiger partial charge in [-0.15, -0.1) is 0 Å². The minimum atomic E-state index is 0.500. The van der Waals surface area contributed by atoms with Crippen molar-refractivity contribution in [3.8, 4) is 28.2 Å². The SMILES string of the molecule is CCCNc1ccc(-c2cc(-c3ccsc3)n(-c3ccc(Cl)c(Cl)c3)n2)cn1. The highest BCUT2D eigenvalue weighted by Crippen LogP contribution is 2.32. The lowest BCUT2D eigenvalue weighted by Gasteiger charge is -2.07. The van der Waals surface area contributed by atoms with Crippen LogP contribution in [0.4, 0.5) is 5.82 Å². The van der Waals surface area contributed by atoms with Crippen LogP contribution in [-0.4, -0.2) is 21.3 Å². The van der Waals surface area contributed by atoms with Crippen LogP contribution in [0.1, 0.15) is 13.3 Å². The van der Waals surface area contributed by atoms with Crippen molar-refractivity contribution in [3.05, 3.63) is 69.5 Å². The van der Waals surface area contributed by atoms with Gasteiger partial charge >= 0.3 is 0 Å². The van der Waals surface area contributed by atoms with Gasteiger partial charge in [-0.1, -0.05) is 30.1 Å². The monoisotopic (exact) mass is 428 g/mol. The maximum Gasteiger partial charge on any atom is 0.125 e. The number of anilines is 1. The van der Waals surface area contributed by atoms with Gasteiger partial charge in [0.05, 0.1) is 27.1 Å². The topological polar surface area (TPSA) is 42.7 Å². The van der Waals surface area contributed by atoms with Crippen molar-refractivity contribution in [2.24, 2.45) is 0 Å². The highest BCUT2D eigenvalue weighted by molar-refractivity contribution is 7.08. The Morgan fingerprint density at radius 1 is 1.04 bits per heavy atom. The molecule has 0 radical (unpaired) electrons. The lowest BCUT2D eigenvalue weighted by molar-refractivity contribution is 0.892. The number of thiophene rings is 1. The minimum Gasteiger partial charge on any atom is -0.370 e. The minimum absolute atomic E-state index is 0.500. The molecule has 0 aliphatic heterocycles. The van der Waals surface area contributed by atoms with E-state index >= 15 is 0 Å². The molecule has 0 saturated carbocycles. The van der Waals surface area contributed by atoms with Crippen LogP contribution in [0.15, 0.2) is 59.4 Å². The second kappa shape index (κ2) is 8.35. The van der Waals surface area contributed by atoms with E-state index in [1.807, 2.05) is 35.1 Å². The highest BCUT2D eigenvalue weighted by atomic mass is 35.5. The molecule has 0 saturated heterocycles. The average Bonchev–Trinajstić information content (AvgIpc) is 3.38. The standard InChI is InChI=1S/C21H18Cl2N4S/c1-2-8-24-21-6-3-14(12-25-21)19-11-20(15-7-9-28-13-15)27(26-19)16-4-5-17(22)18(23)10-16/h3-7,9-13H,2,8H2,1H3,(H,24,25). The van der Waals surface area contributed by atoms with Gasteiger partial charge in [0, 0.05) is 29.2 Å². The zero-order chi connectivity index (χ0) is 19.5. The third kappa shape index (κ3) is 3.92. The molecule has 0 aliphatic carbocycles. The first kappa shape index (κ1) is 19.0. The van der Waals surface area contributed by atoms with Gasteiger partial charge < -0.3 is 5.32 Å². The molecule has 0 amide bonds. The van der Waals surface area contributed by atoms with Crippen LogP contribution in [-0.2, 0) is 0 Å². The molecular weight excluding hydrogens is 411 g/mol. The molecule has 4 rings (SSSR count). The summed E-state index contributed by atoms with van der Waals surface area (Å²) < 4.78 is 1.89. The lowest BCUT2D eigenvalue weighted by Crippen LogP contribution is -2.01. The fourth-order valence-corrected chi connectivity index (χ4v) is 3.80. The van der Waals surface area contributed by atoms with Gasteiger partial charge in [-0.2, -0.15) is 16.4 Å². The first-order valence-electron chi connectivity index (χ1n) is 8.94. The van der Waals surface area contributed by atoms with Crippen LogP contribution < -0.4 is 5.32 Å². The van der Waals surface area contributed by atoms with E-state index in [0.29, 0.717) is 10.0 Å². The van der Waals surface area contributed by atoms with Crippen molar-refractivity contribution in [3.63, 3.8) is 0 Å². The van der Waals surface area contributed by atoms with Crippen molar-refractivity contribution < 1.29 is 0 Å². The second-order valence-corrected chi connectivity index (χ2v) is 7.89. The van der Waals surface area contributed by atoms with Crippen LogP contribution in [0.2, 0.25) is 10.0 Å². The van der Waals surface area contributed by atoms with E-state index in [-0.39, 0.29) is 0 Å². The van der Waals surface area contributed by atoms with Crippen LogP contribution in [0.25, 0.3) is 28.2 Å². The fraction of sp³-hybridized carbons (Fsp3) is 0.143. The Kier molecular flexibility index (Phi) is 5.67. The van der Waals surface area contributed by atoms with Crippen LogP contribution in [0, 0.1) is 0 Å². The molecular formula is C21H18Cl2N4S. The number of aromatic nitrogens is 3. The van der Waals surface area contributed by atoms with Gasteiger partial charge in [0.1, 0.15) is 5.82 Å². The molecule has 1 aromatic carbocycles. The Morgan fingerprint density at radius 3 is 2.61 bits per heavy atom. The van der Waals surface area contributed by atoms with Crippen LogP contribution in [0.5, 0.6) is 0 Å². The molecule has 4 aromatic rings. The lowest BCUT2D eigenvalue weighted by atomic mass is 10.1. The van der Waals surface area contributed by atoms with Gasteiger partial charge in [0.15, 0.2) is 0 Å². The van der Waals surface area contributed by atoms with E-state index in [4.69, 9.17) is 28.3 Å². The molecule has 0 bridgehead atoms. The summed E-state index contributed by atoms with van der Waals surface area (Å²) in [4.78, 5) is 4.50. The first-order valence-corrected chi connectivity index (χ1v) is 10.6. The van der Waals surface area contributed by atoms with Crippen molar-refractivity contribution in [1.82, 2.24) is 14.8 Å². The predicted octanol–water partition coefficient (Wildman–Crippen LogP) is 6.79. The highest BCUT2D eigenvalue weighted by Gasteiger charge is 2.14. The Labute approximate surface area is 177 Å². The van der Waals surface area contributed by atoms with Crippen LogP contribution >= 0.6 is 34.5 Å². The number of nitrogens with one attached hydrogen (secondary N) is 1. The largest absolute Gasteiger partial charge is 0.370 e. The Hall–Kier alpha value is -2.34. The number of halogens is 2. The summed E-state index contributed by atoms with van der Waals surface area (Å²) in [5.41, 5.74) is 4.75. The van der Waals surface area contributed by atoms with Gasteiger partial charge in [0.25, 0.3) is 0 Å². The van der Waals surface area contributed by atoms with E-state index < -0.39 is 0 Å². The van der Waals surface area contributed by atoms with Crippen LogP contribution in [0.3, 0.4) is 0 Å². The summed E-state index contributed by atoms with van der Waals surface area (Å²) in [6.45, 7) is 3.03. The Balaban J connectivity index is 1.76. The fourth-order valence-electron chi connectivity index (χ4n) is 2.85. The van der Waals surface area contributed by atoms with Crippen molar-refractivity contribution in [2.45, 2.75) is 13.3 Å². The molecule has 28 heavy (non-hydrogen) atoms. The van der Waals surface area contributed by atoms with E-state index in [2.05, 4.69) is 40.1 Å². The summed E-state index contributed by atoms with van der Waals surface area (Å²) >= 11 is 14.0. The first-order chi connectivity index (χ1) is 13.7. The van der Waals surface area contributed by atoms with Gasteiger partial charge in [-0.25, -0.2) is 9.67 Å². The molecule has 0 fully saturated rings. The summed E-state index contributed by atoms with van der Waals surface area (Å²) in [5, 5.41) is 13.3. The summed E-state index contributed by atoms with van der Waals surface area (Å²) in [7, 11) is 0. The van der Waals surface area contributed by atoms with Crippen molar-refractivity contribution in [2.75, 3.05) is 11.9 Å². The maximum absolute atomic E-state index is 6.24. The van der Waals surface area contributed by atoms with Gasteiger partial charge in [-0.05, 0) is 54.3 Å². The number of hydrogen-bond acceptors (Lipinski definition) is 4. The molecule has 4 nitrogen and oxygen atoms in total. The third-order valence-corrected chi connectivity index (χ3v) is 5.71. The predicted molar refractivity (Wildman–Crippen MR) is 119 cm³/mol. The van der Waals surface area contributed by atoms with E-state index in [0.717, 1.165) is 47.0 Å². The number of pyridine rings is 1. The van der Waals surface area contributed by atoms with E-state index in [1.54, 1.807) is 17.4 Å². The summed E-state index contributed by atoms with van der Waals surface area (Å²) in [5.74, 6) is 0.868. The quantitative estimate of drug-likeness (QED) is 0.367. The third-order valence-electron chi connectivity index (χ3n) is 4.29. The van der Waals surface area contributed by atoms with Crippen molar-refractivity contribution >= 4 is 40.4 Å². The normalized spacial score (nSPS) is 11.0. The molecule has 0 atom stereocenters. The average molecular weight is 429 g/mol. The van der Waals surface area contributed by atoms with E-state index in [1.165, 1.54) is 0 Å². The Bertz CT molecular complexity index is 1070. The Morgan fingerprint density at radius 2 is 1.93 bits per heavy atom. The molecule has 3 heterocycles. The second-order valence-electron chi connectivity index (χ2n) is 6.30. The molecule has 1 N–H and O–H groups in total. The van der Waals surface area contributed by atoms with Gasteiger partial charge in [0.2, 0.25) is 0 Å². The molecule has 7 heteroatoms. The van der Waals surface area contributed by atoms with Crippen molar-refractivity contribution in [1.29, 1.82) is 0 Å². The number of rotatable bonds is 6. The number of nitrogens with zero attached hydrogens (tertiary/aromatic N) is 3. The van der Waals surface area contributed by atoms with Gasteiger partial charge in [-0.3, -0.25) is 0 Å². The molecule has 142 valence electrons.